The highest BCUT2D eigenvalue weighted by molar-refractivity contribution is 5.95. The summed E-state index contributed by atoms with van der Waals surface area (Å²) < 4.78 is 12.9. The van der Waals surface area contributed by atoms with Gasteiger partial charge in [0.05, 0.1) is 19.6 Å². The number of rotatable bonds is 7. The smallest absolute Gasteiger partial charge is 0.162 e. The van der Waals surface area contributed by atoms with Crippen molar-refractivity contribution in [3.63, 3.8) is 0 Å². The first-order valence-electron chi connectivity index (χ1n) is 8.89. The molecule has 0 radical (unpaired) electrons. The van der Waals surface area contributed by atoms with Gasteiger partial charge < -0.3 is 4.90 Å². The van der Waals surface area contributed by atoms with Gasteiger partial charge in [0.1, 0.15) is 5.82 Å². The van der Waals surface area contributed by atoms with E-state index in [-0.39, 0.29) is 11.6 Å². The summed E-state index contributed by atoms with van der Waals surface area (Å²) in [4.78, 5) is 13.7. The fourth-order valence-corrected chi connectivity index (χ4v) is 3.61. The van der Waals surface area contributed by atoms with E-state index in [1.807, 2.05) is 0 Å². The third-order valence-electron chi connectivity index (χ3n) is 5.00. The molecule has 0 aliphatic carbocycles. The van der Waals surface area contributed by atoms with E-state index in [1.54, 1.807) is 17.0 Å². The molecule has 1 fully saturated rings. The number of hydrogen-bond donors (Lipinski definition) is 1. The minimum atomic E-state index is -0.294. The van der Waals surface area contributed by atoms with Gasteiger partial charge in [0, 0.05) is 24.3 Å². The molecule has 0 spiro atoms. The van der Waals surface area contributed by atoms with Crippen LogP contribution in [-0.4, -0.2) is 25.4 Å². The van der Waals surface area contributed by atoms with Gasteiger partial charge in [-0.3, -0.25) is 4.79 Å². The van der Waals surface area contributed by atoms with E-state index in [1.165, 1.54) is 37.2 Å². The van der Waals surface area contributed by atoms with Gasteiger partial charge in [-0.2, -0.15) is 0 Å². The van der Waals surface area contributed by atoms with Gasteiger partial charge in [0.25, 0.3) is 0 Å². The van der Waals surface area contributed by atoms with Gasteiger partial charge >= 0.3 is 0 Å². The molecule has 1 unspecified atom stereocenters. The number of Topliss-reactive ketones (excluding diaryl/α,β-unsaturated/α-hetero) is 1. The predicted molar refractivity (Wildman–Crippen MR) is 93.9 cm³/mol. The number of ketones is 1. The lowest BCUT2D eigenvalue weighted by molar-refractivity contribution is -0.888. The number of halogens is 1. The third-order valence-corrected chi connectivity index (χ3v) is 5.00. The van der Waals surface area contributed by atoms with Crippen LogP contribution in [0.1, 0.15) is 47.5 Å². The summed E-state index contributed by atoms with van der Waals surface area (Å²) in [6.07, 6.45) is 3.80. The molecule has 0 saturated carbocycles. The Balaban J connectivity index is 1.37. The molecular formula is C21H25FNO+. The first-order chi connectivity index (χ1) is 11.7. The molecule has 2 aromatic carbocycles. The van der Waals surface area contributed by atoms with Crippen molar-refractivity contribution in [3.8, 4) is 0 Å². The van der Waals surface area contributed by atoms with Crippen LogP contribution in [-0.2, 0) is 0 Å². The number of nitrogens with one attached hydrogen (secondary N) is 1. The monoisotopic (exact) mass is 326 g/mol. The zero-order valence-electron chi connectivity index (χ0n) is 14.0. The van der Waals surface area contributed by atoms with E-state index in [0.29, 0.717) is 17.9 Å². The highest BCUT2D eigenvalue weighted by atomic mass is 19.1. The van der Waals surface area contributed by atoms with Crippen LogP contribution in [0.2, 0.25) is 0 Å². The van der Waals surface area contributed by atoms with Crippen molar-refractivity contribution >= 4 is 5.78 Å². The first kappa shape index (κ1) is 16.8. The van der Waals surface area contributed by atoms with Crippen LogP contribution in [0.3, 0.4) is 0 Å². The first-order valence-corrected chi connectivity index (χ1v) is 8.89. The van der Waals surface area contributed by atoms with Gasteiger partial charge in [0.2, 0.25) is 0 Å². The summed E-state index contributed by atoms with van der Waals surface area (Å²) >= 11 is 0. The number of benzene rings is 2. The van der Waals surface area contributed by atoms with Gasteiger partial charge in [0.15, 0.2) is 5.78 Å². The lowest BCUT2D eigenvalue weighted by Gasteiger charge is -2.13. The number of unbranched alkanes of at least 4 members (excludes halogenated alkanes) is 1. The van der Waals surface area contributed by atoms with Crippen LogP contribution in [0.25, 0.3) is 0 Å². The molecular weight excluding hydrogens is 301 g/mol. The predicted octanol–water partition coefficient (Wildman–Crippen LogP) is 3.25. The van der Waals surface area contributed by atoms with E-state index in [4.69, 9.17) is 0 Å². The second kappa shape index (κ2) is 8.20. The van der Waals surface area contributed by atoms with Crippen molar-refractivity contribution in [2.75, 3.05) is 19.6 Å². The van der Waals surface area contributed by atoms with Crippen LogP contribution in [0, 0.1) is 5.82 Å². The maximum absolute atomic E-state index is 12.9. The van der Waals surface area contributed by atoms with Crippen LogP contribution < -0.4 is 4.90 Å². The fourth-order valence-electron chi connectivity index (χ4n) is 3.61. The molecule has 3 rings (SSSR count). The standard InChI is InChI=1S/C21H24FNO/c22-20-11-9-18(10-12-20)21(24)8-4-5-14-23-15-13-19(16-23)17-6-2-1-3-7-17/h1-3,6-7,9-12,19H,4-5,8,13-16H2/p+1/t19-/m1/s1. The van der Waals surface area contributed by atoms with Gasteiger partial charge in [-0.1, -0.05) is 30.3 Å². The summed E-state index contributed by atoms with van der Waals surface area (Å²) in [7, 11) is 0. The Labute approximate surface area is 143 Å². The Morgan fingerprint density at radius 2 is 1.79 bits per heavy atom. The molecule has 2 aromatic rings. The Bertz CT molecular complexity index is 653. The third kappa shape index (κ3) is 4.51. The lowest BCUT2D eigenvalue weighted by atomic mass is 9.99. The van der Waals surface area contributed by atoms with Crippen LogP contribution >= 0.6 is 0 Å². The van der Waals surface area contributed by atoms with Crippen LogP contribution in [0.5, 0.6) is 0 Å². The van der Waals surface area contributed by atoms with Gasteiger partial charge in [-0.05, 0) is 42.7 Å². The van der Waals surface area contributed by atoms with Crippen molar-refractivity contribution < 1.29 is 14.1 Å². The van der Waals surface area contributed by atoms with E-state index < -0.39 is 0 Å². The quantitative estimate of drug-likeness (QED) is 0.612. The summed E-state index contributed by atoms with van der Waals surface area (Å²) in [6, 6.07) is 16.6. The molecule has 0 aromatic heterocycles. The van der Waals surface area contributed by atoms with E-state index in [2.05, 4.69) is 30.3 Å². The van der Waals surface area contributed by atoms with Crippen molar-refractivity contribution in [2.45, 2.75) is 31.6 Å². The van der Waals surface area contributed by atoms with Crippen molar-refractivity contribution in [3.05, 3.63) is 71.5 Å². The molecule has 126 valence electrons. The zero-order chi connectivity index (χ0) is 16.8. The number of likely N-dealkylation sites (tertiary alicyclic amines) is 1. The molecule has 2 nitrogen and oxygen atoms in total. The van der Waals surface area contributed by atoms with Gasteiger partial charge in [-0.15, -0.1) is 0 Å². The lowest BCUT2D eigenvalue weighted by Crippen LogP contribution is -3.10. The molecule has 24 heavy (non-hydrogen) atoms. The average molecular weight is 326 g/mol. The largest absolute Gasteiger partial charge is 0.334 e. The van der Waals surface area contributed by atoms with E-state index in [9.17, 15) is 9.18 Å². The normalized spacial score (nSPS) is 20.2. The molecule has 2 atom stereocenters. The molecule has 1 heterocycles. The number of hydrogen-bond acceptors (Lipinski definition) is 1. The van der Waals surface area contributed by atoms with Crippen LogP contribution in [0.15, 0.2) is 54.6 Å². The molecule has 1 aliphatic heterocycles. The topological polar surface area (TPSA) is 21.5 Å². The summed E-state index contributed by atoms with van der Waals surface area (Å²) in [5.41, 5.74) is 2.08. The Kier molecular flexibility index (Phi) is 5.76. The molecule has 1 aliphatic rings. The maximum atomic E-state index is 12.9. The number of carbonyl (C=O) groups excluding carboxylic acids is 1. The molecule has 0 bridgehead atoms. The molecule has 3 heteroatoms. The zero-order valence-corrected chi connectivity index (χ0v) is 14.0. The minimum Gasteiger partial charge on any atom is -0.334 e. The number of carbonyl (C=O) groups is 1. The average Bonchev–Trinajstić information content (AvgIpc) is 3.09. The summed E-state index contributed by atoms with van der Waals surface area (Å²) in [6.45, 7) is 3.57. The number of quaternary nitrogens is 1. The molecule has 1 saturated heterocycles. The van der Waals surface area contributed by atoms with E-state index >= 15 is 0 Å². The second-order valence-electron chi connectivity index (χ2n) is 6.74. The Morgan fingerprint density at radius 1 is 1.04 bits per heavy atom. The van der Waals surface area contributed by atoms with Crippen molar-refractivity contribution in [1.29, 1.82) is 0 Å². The fraction of sp³-hybridized carbons (Fsp3) is 0.381. The highest BCUT2D eigenvalue weighted by Crippen LogP contribution is 2.19. The SMILES string of the molecule is O=C(CCCC[NH+]1CC[C@@H](c2ccccc2)C1)c1ccc(F)cc1. The molecule has 0 amide bonds. The summed E-state index contributed by atoms with van der Waals surface area (Å²) in [5, 5.41) is 0. The molecule has 1 N–H and O–H groups in total. The second-order valence-corrected chi connectivity index (χ2v) is 6.74. The van der Waals surface area contributed by atoms with E-state index in [0.717, 1.165) is 19.4 Å². The van der Waals surface area contributed by atoms with Crippen LogP contribution in [0.4, 0.5) is 4.39 Å². The summed E-state index contributed by atoms with van der Waals surface area (Å²) in [5.74, 6) is 0.507. The van der Waals surface area contributed by atoms with Gasteiger partial charge in [-0.25, -0.2) is 4.39 Å². The minimum absolute atomic E-state index is 0.119. The maximum Gasteiger partial charge on any atom is 0.162 e. The highest BCUT2D eigenvalue weighted by Gasteiger charge is 2.26. The van der Waals surface area contributed by atoms with Crippen molar-refractivity contribution in [2.24, 2.45) is 0 Å². The van der Waals surface area contributed by atoms with Crippen molar-refractivity contribution in [1.82, 2.24) is 0 Å². The Hall–Kier alpha value is -2.00. The Morgan fingerprint density at radius 3 is 2.54 bits per heavy atom.